The number of aromatic nitrogens is 3. The minimum Gasteiger partial charge on any atom is -0.384 e. The number of nitrogens with two attached hydrogens (primary N) is 1. The van der Waals surface area contributed by atoms with Crippen molar-refractivity contribution in [2.24, 2.45) is 13.0 Å². The summed E-state index contributed by atoms with van der Waals surface area (Å²) in [7, 11) is 3.37. The minimum atomic E-state index is -0.963. The van der Waals surface area contributed by atoms with Crippen LogP contribution in [0.3, 0.4) is 0 Å². The molecule has 4 amide bonds. The van der Waals surface area contributed by atoms with E-state index in [0.717, 1.165) is 22.4 Å². The number of pyridine rings is 1. The third kappa shape index (κ3) is 5.07. The zero-order valence-electron chi connectivity index (χ0n) is 20.7. The first kappa shape index (κ1) is 24.9. The molecule has 3 atom stereocenters. The third-order valence-corrected chi connectivity index (χ3v) is 6.47. The van der Waals surface area contributed by atoms with Gasteiger partial charge in [-0.1, -0.05) is 43.7 Å². The minimum absolute atomic E-state index is 0.268. The monoisotopic (exact) mass is 489 g/mol. The van der Waals surface area contributed by atoms with E-state index in [9.17, 15) is 14.4 Å². The smallest absolute Gasteiger partial charge is 0.325 e. The van der Waals surface area contributed by atoms with Gasteiger partial charge in [0.25, 0.3) is 5.91 Å². The molecule has 0 radical (unpaired) electrons. The Balaban J connectivity index is 1.60. The summed E-state index contributed by atoms with van der Waals surface area (Å²) < 4.78 is 1.59. The molecule has 1 fully saturated rings. The number of imide groups is 1. The second kappa shape index (κ2) is 10.6. The second-order valence-electron chi connectivity index (χ2n) is 9.02. The van der Waals surface area contributed by atoms with E-state index in [1.165, 1.54) is 4.90 Å². The van der Waals surface area contributed by atoms with Gasteiger partial charge in [0.15, 0.2) is 0 Å². The molecule has 3 heterocycles. The average Bonchev–Trinajstić information content (AvgIpc) is 3.31. The van der Waals surface area contributed by atoms with Gasteiger partial charge in [0.05, 0.1) is 23.8 Å². The molecule has 1 aliphatic rings. The van der Waals surface area contributed by atoms with Crippen LogP contribution < -0.4 is 16.0 Å². The Hall–Kier alpha value is -4.21. The number of carbonyl (C=O) groups is 3. The molecule has 0 saturated carbocycles. The van der Waals surface area contributed by atoms with Crippen molar-refractivity contribution in [3.05, 3.63) is 72.2 Å². The van der Waals surface area contributed by atoms with Gasteiger partial charge in [0.1, 0.15) is 11.9 Å². The van der Waals surface area contributed by atoms with Crippen LogP contribution in [-0.2, 0) is 23.1 Å². The van der Waals surface area contributed by atoms with E-state index in [1.54, 1.807) is 49.5 Å². The number of carbonyl (C=O) groups excluding carboxylic acids is 3. The number of aryl methyl sites for hydroxylation is 1. The lowest BCUT2D eigenvalue weighted by molar-refractivity contribution is -0.156. The average molecular weight is 490 g/mol. The molecule has 1 aromatic carbocycles. The Labute approximate surface area is 210 Å². The van der Waals surface area contributed by atoms with Crippen molar-refractivity contribution < 1.29 is 14.4 Å². The summed E-state index contributed by atoms with van der Waals surface area (Å²) in [5.74, 6) is -1.14. The number of urea groups is 1. The molecule has 4 rings (SSSR count). The van der Waals surface area contributed by atoms with E-state index in [4.69, 9.17) is 5.73 Å². The van der Waals surface area contributed by atoms with Crippen molar-refractivity contribution in [3.8, 4) is 0 Å². The van der Waals surface area contributed by atoms with Crippen molar-refractivity contribution >= 4 is 29.4 Å². The maximum atomic E-state index is 13.6. The van der Waals surface area contributed by atoms with Crippen LogP contribution in [0.1, 0.15) is 36.9 Å². The summed E-state index contributed by atoms with van der Waals surface area (Å²) in [6, 6.07) is 11.2. The Morgan fingerprint density at radius 1 is 1.22 bits per heavy atom. The fraction of sp³-hybridized carbons (Fsp3) is 0.346. The highest BCUT2D eigenvalue weighted by Crippen LogP contribution is 2.33. The fourth-order valence-electron chi connectivity index (χ4n) is 4.55. The predicted molar refractivity (Wildman–Crippen MR) is 136 cm³/mol. The van der Waals surface area contributed by atoms with Crippen LogP contribution in [-0.4, -0.2) is 50.6 Å². The number of nitrogen functional groups attached to an aromatic ring is 1. The number of nitrogens with one attached hydrogen (secondary N) is 1. The molecule has 0 aliphatic carbocycles. The van der Waals surface area contributed by atoms with Gasteiger partial charge >= 0.3 is 6.03 Å². The van der Waals surface area contributed by atoms with Crippen LogP contribution in [0.25, 0.3) is 0 Å². The van der Waals surface area contributed by atoms with Gasteiger partial charge in [0, 0.05) is 26.5 Å². The van der Waals surface area contributed by atoms with Gasteiger partial charge in [0.2, 0.25) is 5.91 Å². The number of likely N-dealkylation sites (N-methyl/N-ethyl adjacent to an activating group) is 1. The Kier molecular flexibility index (Phi) is 7.33. The molecule has 3 aromatic rings. The number of hydrogen-bond donors (Lipinski definition) is 2. The topological polar surface area (TPSA) is 126 Å². The second-order valence-corrected chi connectivity index (χ2v) is 9.02. The summed E-state index contributed by atoms with van der Waals surface area (Å²) in [6.07, 6.45) is 6.63. The third-order valence-electron chi connectivity index (χ3n) is 6.47. The Bertz CT molecular complexity index is 1240. The maximum Gasteiger partial charge on any atom is 0.325 e. The summed E-state index contributed by atoms with van der Waals surface area (Å²) in [5.41, 5.74) is 8.10. The van der Waals surface area contributed by atoms with E-state index < -0.39 is 23.9 Å². The molecule has 188 valence electrons. The molecule has 0 unspecified atom stereocenters. The summed E-state index contributed by atoms with van der Waals surface area (Å²) in [6.45, 7) is 2.03. The van der Waals surface area contributed by atoms with E-state index >= 15 is 0 Å². The highest BCUT2D eigenvalue weighted by atomic mass is 16.2. The molecule has 1 aliphatic heterocycles. The lowest BCUT2D eigenvalue weighted by atomic mass is 9.81. The number of amides is 4. The largest absolute Gasteiger partial charge is 0.384 e. The number of β-lactam (4-membered cyclic amide) rings is 1. The number of likely N-dealkylation sites (tertiary alicyclic amines) is 1. The van der Waals surface area contributed by atoms with Crippen molar-refractivity contribution in [2.45, 2.75) is 38.3 Å². The molecular weight excluding hydrogens is 458 g/mol. The maximum absolute atomic E-state index is 13.6. The number of hydrogen-bond acceptors (Lipinski definition) is 6. The van der Waals surface area contributed by atoms with E-state index in [1.807, 2.05) is 37.3 Å². The van der Waals surface area contributed by atoms with Crippen molar-refractivity contribution in [2.75, 3.05) is 17.7 Å². The zero-order valence-corrected chi connectivity index (χ0v) is 20.7. The van der Waals surface area contributed by atoms with Crippen LogP contribution in [0.2, 0.25) is 0 Å². The van der Waals surface area contributed by atoms with Crippen molar-refractivity contribution in [3.63, 3.8) is 0 Å². The molecule has 36 heavy (non-hydrogen) atoms. The molecule has 10 heteroatoms. The van der Waals surface area contributed by atoms with E-state index in [0.29, 0.717) is 17.9 Å². The molecule has 0 bridgehead atoms. The van der Waals surface area contributed by atoms with Crippen LogP contribution in [0.4, 0.5) is 16.3 Å². The van der Waals surface area contributed by atoms with Gasteiger partial charge in [-0.15, -0.1) is 0 Å². The number of anilines is 2. The molecule has 1 saturated heterocycles. The standard InChI is InChI=1S/C26H31N7O3/c1-4-8-21(18-9-6-5-7-10-18)30-26(36)33-23(25(35)32(3)19-15-29-31(2)16-19)20(24(33)34)13-17-11-12-28-22(27)14-17/h5-7,9-12,14-16,20-21,23H,4,8,13H2,1-3H3,(H2,27,28)(H,30,36)/t20-,21-,23+/m1/s1. The van der Waals surface area contributed by atoms with Gasteiger partial charge in [-0.3, -0.25) is 19.2 Å². The molecule has 10 nitrogen and oxygen atoms in total. The highest BCUT2D eigenvalue weighted by molar-refractivity contribution is 6.12. The first-order valence-electron chi connectivity index (χ1n) is 11.9. The fourth-order valence-corrected chi connectivity index (χ4v) is 4.55. The van der Waals surface area contributed by atoms with E-state index in [-0.39, 0.29) is 18.4 Å². The van der Waals surface area contributed by atoms with Crippen LogP contribution in [0.15, 0.2) is 61.1 Å². The van der Waals surface area contributed by atoms with Gasteiger partial charge in [-0.25, -0.2) is 9.78 Å². The predicted octanol–water partition coefficient (Wildman–Crippen LogP) is 2.68. The van der Waals surface area contributed by atoms with Gasteiger partial charge < -0.3 is 16.0 Å². The van der Waals surface area contributed by atoms with Crippen LogP contribution in [0, 0.1) is 5.92 Å². The summed E-state index contributed by atoms with van der Waals surface area (Å²) in [4.78, 5) is 46.8. The zero-order chi connectivity index (χ0) is 25.8. The lowest BCUT2D eigenvalue weighted by Crippen LogP contribution is -2.70. The first-order chi connectivity index (χ1) is 17.3. The molecule has 3 N–H and O–H groups in total. The van der Waals surface area contributed by atoms with Crippen molar-refractivity contribution in [1.82, 2.24) is 25.0 Å². The SMILES string of the molecule is CCC[C@@H](NC(=O)N1C(=O)[C@H](Cc2ccnc(N)c2)[C@H]1C(=O)N(C)c1cnn(C)c1)c1ccccc1. The Morgan fingerprint density at radius 2 is 1.97 bits per heavy atom. The van der Waals surface area contributed by atoms with E-state index in [2.05, 4.69) is 15.4 Å². The van der Waals surface area contributed by atoms with Crippen molar-refractivity contribution in [1.29, 1.82) is 0 Å². The molecular formula is C26H31N7O3. The number of rotatable bonds is 8. The first-order valence-corrected chi connectivity index (χ1v) is 11.9. The number of benzene rings is 1. The van der Waals surface area contributed by atoms with Crippen LogP contribution in [0.5, 0.6) is 0 Å². The summed E-state index contributed by atoms with van der Waals surface area (Å²) >= 11 is 0. The molecule has 2 aromatic heterocycles. The highest BCUT2D eigenvalue weighted by Gasteiger charge is 2.55. The number of nitrogens with zero attached hydrogens (tertiary/aromatic N) is 5. The van der Waals surface area contributed by atoms with Gasteiger partial charge in [-0.05, 0) is 36.1 Å². The summed E-state index contributed by atoms with van der Waals surface area (Å²) in [5, 5.41) is 7.10. The molecule has 0 spiro atoms. The van der Waals surface area contributed by atoms with Gasteiger partial charge in [-0.2, -0.15) is 5.10 Å². The Morgan fingerprint density at radius 3 is 2.61 bits per heavy atom. The lowest BCUT2D eigenvalue weighted by Gasteiger charge is -2.46. The van der Waals surface area contributed by atoms with Crippen LogP contribution >= 0.6 is 0 Å². The quantitative estimate of drug-likeness (QED) is 0.469. The normalized spacial score (nSPS) is 17.9.